The van der Waals surface area contributed by atoms with Crippen LogP contribution in [0.25, 0.3) is 0 Å². The van der Waals surface area contributed by atoms with Gasteiger partial charge in [0, 0.05) is 18.3 Å². The molecule has 2 atom stereocenters. The number of esters is 1. The van der Waals surface area contributed by atoms with Crippen molar-refractivity contribution in [2.24, 2.45) is 17.8 Å². The van der Waals surface area contributed by atoms with Gasteiger partial charge in [-0.1, -0.05) is 6.42 Å². The third kappa shape index (κ3) is 4.47. The molecule has 0 amide bonds. The lowest BCUT2D eigenvalue weighted by Gasteiger charge is -2.37. The Morgan fingerprint density at radius 3 is 2.35 bits per heavy atom. The van der Waals surface area contributed by atoms with Crippen molar-refractivity contribution in [1.82, 2.24) is 0 Å². The standard InChI is InChI=1S/C14H20F2O6S/c15-14(16,23(19,20)21)8-22-12(17)5-4-9-6-10-2-1-3-11(7-9)13(10)18/h9-11H,1-8H2,(H,19,20,21). The van der Waals surface area contributed by atoms with Crippen LogP contribution in [0.1, 0.15) is 44.9 Å². The fourth-order valence-electron chi connectivity index (χ4n) is 3.47. The summed E-state index contributed by atoms with van der Waals surface area (Å²) in [6.45, 7) is -1.70. The highest BCUT2D eigenvalue weighted by molar-refractivity contribution is 7.86. The van der Waals surface area contributed by atoms with E-state index in [0.29, 0.717) is 25.0 Å². The van der Waals surface area contributed by atoms with Crippen LogP contribution in [0.3, 0.4) is 0 Å². The molecule has 2 aliphatic rings. The zero-order valence-corrected chi connectivity index (χ0v) is 13.4. The van der Waals surface area contributed by atoms with Crippen molar-refractivity contribution in [1.29, 1.82) is 0 Å². The van der Waals surface area contributed by atoms with Crippen LogP contribution in [0.4, 0.5) is 8.78 Å². The number of hydrogen-bond donors (Lipinski definition) is 1. The Balaban J connectivity index is 1.76. The number of hydrogen-bond acceptors (Lipinski definition) is 5. The number of halogens is 2. The Hall–Kier alpha value is -1.09. The number of ether oxygens (including phenoxy) is 1. The Morgan fingerprint density at radius 2 is 1.83 bits per heavy atom. The first-order valence-electron chi connectivity index (χ1n) is 7.64. The number of carbonyl (C=O) groups is 2. The van der Waals surface area contributed by atoms with E-state index in [-0.39, 0.29) is 24.2 Å². The second-order valence-corrected chi connectivity index (χ2v) is 7.92. The van der Waals surface area contributed by atoms with Gasteiger partial charge in [0.15, 0.2) is 6.61 Å². The largest absolute Gasteiger partial charge is 0.458 e. The van der Waals surface area contributed by atoms with Crippen molar-refractivity contribution in [2.75, 3.05) is 6.61 Å². The van der Waals surface area contributed by atoms with Gasteiger partial charge in [-0.3, -0.25) is 14.1 Å². The first-order chi connectivity index (χ1) is 10.6. The lowest BCUT2D eigenvalue weighted by molar-refractivity contribution is -0.150. The summed E-state index contributed by atoms with van der Waals surface area (Å²) < 4.78 is 59.2. The van der Waals surface area contributed by atoms with Crippen molar-refractivity contribution in [2.45, 2.75) is 50.2 Å². The Labute approximate surface area is 133 Å². The molecule has 0 aromatic heterocycles. The van der Waals surface area contributed by atoms with Crippen LogP contribution in [0.15, 0.2) is 0 Å². The van der Waals surface area contributed by atoms with Crippen LogP contribution in [-0.4, -0.2) is 36.6 Å². The van der Waals surface area contributed by atoms with Crippen molar-refractivity contribution in [3.8, 4) is 0 Å². The summed E-state index contributed by atoms with van der Waals surface area (Å²) in [5.74, 6) is -0.351. The van der Waals surface area contributed by atoms with Crippen LogP contribution in [0.5, 0.6) is 0 Å². The summed E-state index contributed by atoms with van der Waals surface area (Å²) in [4.78, 5) is 23.4. The highest BCUT2D eigenvalue weighted by Gasteiger charge is 2.45. The van der Waals surface area contributed by atoms with E-state index in [9.17, 15) is 26.8 Å². The first kappa shape index (κ1) is 18.3. The molecule has 2 bridgehead atoms. The fourth-order valence-corrected chi connectivity index (χ4v) is 3.67. The molecule has 2 rings (SSSR count). The average Bonchev–Trinajstić information content (AvgIpc) is 2.42. The molecule has 9 heteroatoms. The molecule has 1 N–H and O–H groups in total. The number of Topliss-reactive ketones (excluding diaryl/α,β-unsaturated/α-hetero) is 1. The molecule has 0 radical (unpaired) electrons. The summed E-state index contributed by atoms with van der Waals surface area (Å²) in [6, 6.07) is 0. The van der Waals surface area contributed by atoms with Gasteiger partial charge in [0.05, 0.1) is 0 Å². The Morgan fingerprint density at radius 1 is 1.26 bits per heavy atom. The SMILES string of the molecule is O=C(CCC1CC2CCCC(C1)C2=O)OCC(F)(F)S(=O)(=O)O. The molecule has 0 saturated heterocycles. The normalized spacial score (nSPS) is 28.5. The van der Waals surface area contributed by atoms with Gasteiger partial charge in [-0.2, -0.15) is 17.2 Å². The van der Waals surface area contributed by atoms with Gasteiger partial charge in [-0.15, -0.1) is 0 Å². The monoisotopic (exact) mass is 354 g/mol. The van der Waals surface area contributed by atoms with Gasteiger partial charge in [0.25, 0.3) is 0 Å². The summed E-state index contributed by atoms with van der Waals surface area (Å²) in [7, 11) is -5.60. The number of ketones is 1. The molecule has 2 aliphatic carbocycles. The van der Waals surface area contributed by atoms with Gasteiger partial charge >= 0.3 is 21.3 Å². The summed E-state index contributed by atoms with van der Waals surface area (Å²) in [5, 5.41) is -4.50. The third-order valence-electron chi connectivity index (χ3n) is 4.68. The van der Waals surface area contributed by atoms with E-state index in [0.717, 1.165) is 19.3 Å². The lowest BCUT2D eigenvalue weighted by atomic mass is 9.66. The minimum Gasteiger partial charge on any atom is -0.458 e. The smallest absolute Gasteiger partial charge is 0.402 e. The Kier molecular flexibility index (Phi) is 5.40. The number of alkyl halides is 2. The van der Waals surface area contributed by atoms with E-state index in [2.05, 4.69) is 4.74 Å². The molecule has 2 saturated carbocycles. The predicted octanol–water partition coefficient (Wildman–Crippen LogP) is 2.19. The lowest BCUT2D eigenvalue weighted by Crippen LogP contribution is -2.37. The van der Waals surface area contributed by atoms with Crippen LogP contribution < -0.4 is 0 Å². The zero-order valence-electron chi connectivity index (χ0n) is 12.5. The quantitative estimate of drug-likeness (QED) is 0.580. The molecule has 2 fully saturated rings. The van der Waals surface area contributed by atoms with Crippen LogP contribution in [0, 0.1) is 17.8 Å². The van der Waals surface area contributed by atoms with Gasteiger partial charge in [-0.05, 0) is 38.0 Å². The second-order valence-electron chi connectivity index (χ2n) is 6.38. The second kappa shape index (κ2) is 6.80. The molecular formula is C14H20F2O6S. The third-order valence-corrected chi connectivity index (χ3v) is 5.55. The van der Waals surface area contributed by atoms with E-state index >= 15 is 0 Å². The predicted molar refractivity (Wildman–Crippen MR) is 75.3 cm³/mol. The maximum atomic E-state index is 12.9. The number of rotatable bonds is 6. The number of carbonyl (C=O) groups excluding carboxylic acids is 2. The molecule has 2 unspecified atom stereocenters. The van der Waals surface area contributed by atoms with E-state index in [1.165, 1.54) is 0 Å². The minimum absolute atomic E-state index is 0.0485. The molecule has 132 valence electrons. The molecule has 23 heavy (non-hydrogen) atoms. The molecule has 0 heterocycles. The summed E-state index contributed by atoms with van der Waals surface area (Å²) >= 11 is 0. The topological polar surface area (TPSA) is 97.7 Å². The zero-order chi connectivity index (χ0) is 17.3. The van der Waals surface area contributed by atoms with Crippen LogP contribution in [-0.2, 0) is 24.4 Å². The molecule has 0 aromatic carbocycles. The van der Waals surface area contributed by atoms with Crippen molar-refractivity contribution in [3.63, 3.8) is 0 Å². The molecule has 0 spiro atoms. The number of fused-ring (bicyclic) bond motifs is 2. The summed E-state index contributed by atoms with van der Waals surface area (Å²) in [6.07, 6.45) is 4.53. The van der Waals surface area contributed by atoms with E-state index in [1.807, 2.05) is 0 Å². The van der Waals surface area contributed by atoms with Gasteiger partial charge in [0.2, 0.25) is 0 Å². The molecule has 6 nitrogen and oxygen atoms in total. The Bertz CT molecular complexity index is 558. The summed E-state index contributed by atoms with van der Waals surface area (Å²) in [5.41, 5.74) is 0. The van der Waals surface area contributed by atoms with Crippen LogP contribution in [0.2, 0.25) is 0 Å². The van der Waals surface area contributed by atoms with Crippen LogP contribution >= 0.6 is 0 Å². The highest BCUT2D eigenvalue weighted by atomic mass is 32.2. The molecule has 0 aliphatic heterocycles. The maximum absolute atomic E-state index is 12.9. The minimum atomic E-state index is -5.60. The van der Waals surface area contributed by atoms with Crippen molar-refractivity contribution >= 4 is 21.9 Å². The highest BCUT2D eigenvalue weighted by Crippen LogP contribution is 2.41. The van der Waals surface area contributed by atoms with Gasteiger partial charge < -0.3 is 4.74 Å². The van der Waals surface area contributed by atoms with Crippen molar-refractivity contribution < 1.29 is 36.1 Å². The van der Waals surface area contributed by atoms with Crippen molar-refractivity contribution in [3.05, 3.63) is 0 Å². The van der Waals surface area contributed by atoms with Gasteiger partial charge in [-0.25, -0.2) is 0 Å². The van der Waals surface area contributed by atoms with Gasteiger partial charge in [0.1, 0.15) is 5.78 Å². The van der Waals surface area contributed by atoms with E-state index < -0.39 is 27.9 Å². The first-order valence-corrected chi connectivity index (χ1v) is 9.08. The maximum Gasteiger partial charge on any atom is 0.402 e. The molecular weight excluding hydrogens is 334 g/mol. The fraction of sp³-hybridized carbons (Fsp3) is 0.857. The van der Waals surface area contributed by atoms with E-state index in [1.54, 1.807) is 0 Å². The molecule has 0 aromatic rings. The van der Waals surface area contributed by atoms with E-state index in [4.69, 9.17) is 4.55 Å². The average molecular weight is 354 g/mol.